The van der Waals surface area contributed by atoms with E-state index in [1.807, 2.05) is 0 Å². The van der Waals surface area contributed by atoms with Crippen molar-refractivity contribution in [3.63, 3.8) is 0 Å². The fourth-order valence-corrected chi connectivity index (χ4v) is 2.69. The van der Waals surface area contributed by atoms with Crippen LogP contribution in [-0.2, 0) is 13.8 Å². The van der Waals surface area contributed by atoms with Crippen LogP contribution in [0.4, 0.5) is 9.18 Å². The van der Waals surface area contributed by atoms with Gasteiger partial charge >= 0.3 is 6.09 Å². The minimum Gasteiger partial charge on any atom is -0.443 e. The summed E-state index contributed by atoms with van der Waals surface area (Å²) in [5.41, 5.74) is -0.514. The number of fused-ring (bicyclic) bond motifs is 1. The predicted octanol–water partition coefficient (Wildman–Crippen LogP) is 3.49. The first-order chi connectivity index (χ1) is 9.49. The second kappa shape index (κ2) is 4.99. The molecule has 0 unspecified atom stereocenters. The summed E-state index contributed by atoms with van der Waals surface area (Å²) in [7, 11) is 0.928. The number of rotatable bonds is 1. The van der Waals surface area contributed by atoms with Crippen molar-refractivity contribution < 1.29 is 22.3 Å². The lowest BCUT2D eigenvalue weighted by molar-refractivity contribution is 0.0544. The zero-order valence-corrected chi connectivity index (χ0v) is 13.1. The summed E-state index contributed by atoms with van der Waals surface area (Å²) in [6.45, 7) is 5.10. The van der Waals surface area contributed by atoms with E-state index < -0.39 is 31.5 Å². The number of ether oxygens (including phenoxy) is 1. The average molecular weight is 334 g/mol. The Balaban J connectivity index is 2.60. The van der Waals surface area contributed by atoms with Crippen LogP contribution in [0.3, 0.4) is 0 Å². The van der Waals surface area contributed by atoms with Crippen LogP contribution in [0.2, 0.25) is 0 Å². The molecular formula is C13H13ClFNO4S. The van der Waals surface area contributed by atoms with Gasteiger partial charge in [0.05, 0.1) is 5.52 Å². The molecule has 114 valence electrons. The summed E-state index contributed by atoms with van der Waals surface area (Å²) in [5, 5.41) is 0.363. The minimum atomic E-state index is -4.25. The fourth-order valence-electron chi connectivity index (χ4n) is 1.79. The van der Waals surface area contributed by atoms with Crippen molar-refractivity contribution in [3.05, 3.63) is 30.2 Å². The molecule has 2 aromatic rings. The van der Waals surface area contributed by atoms with Gasteiger partial charge in [0, 0.05) is 22.3 Å². The molecule has 21 heavy (non-hydrogen) atoms. The Labute approximate surface area is 125 Å². The molecule has 0 aliphatic heterocycles. The molecule has 0 aliphatic carbocycles. The van der Waals surface area contributed by atoms with Crippen molar-refractivity contribution in [2.24, 2.45) is 0 Å². The van der Waals surface area contributed by atoms with E-state index in [1.54, 1.807) is 20.8 Å². The number of carbonyl (C=O) groups is 1. The largest absolute Gasteiger partial charge is 0.443 e. The minimum absolute atomic E-state index is 0.199. The molecule has 0 saturated carbocycles. The van der Waals surface area contributed by atoms with Gasteiger partial charge in [-0.3, -0.25) is 4.57 Å². The fraction of sp³-hybridized carbons (Fsp3) is 0.308. The maximum Gasteiger partial charge on any atom is 0.418 e. The number of carbonyl (C=O) groups excluding carboxylic acids is 1. The Morgan fingerprint density at radius 3 is 2.48 bits per heavy atom. The van der Waals surface area contributed by atoms with Crippen LogP contribution in [0, 0.1) is 5.82 Å². The first kappa shape index (κ1) is 15.8. The molecule has 0 saturated heterocycles. The molecule has 5 nitrogen and oxygen atoms in total. The Bertz CT molecular complexity index is 821. The first-order valence-electron chi connectivity index (χ1n) is 5.98. The standard InChI is InChI=1S/C13H13ClFNO4S/c1-13(2,3)20-12(17)16-5-4-8-6-9(15)11(7-10(8)16)21(14,18)19/h4-7H,1-3H3. The second-order valence-corrected chi connectivity index (χ2v) is 7.98. The molecule has 0 radical (unpaired) electrons. The molecule has 0 spiro atoms. The molecule has 0 amide bonds. The van der Waals surface area contributed by atoms with E-state index in [0.717, 1.165) is 16.7 Å². The van der Waals surface area contributed by atoms with E-state index in [0.29, 0.717) is 5.39 Å². The lowest BCUT2D eigenvalue weighted by Gasteiger charge is -2.19. The number of aromatic nitrogens is 1. The van der Waals surface area contributed by atoms with Gasteiger partial charge in [-0.05, 0) is 39.0 Å². The lowest BCUT2D eigenvalue weighted by atomic mass is 10.2. The quantitative estimate of drug-likeness (QED) is 0.749. The van der Waals surface area contributed by atoms with Crippen LogP contribution in [0.15, 0.2) is 29.3 Å². The van der Waals surface area contributed by atoms with E-state index in [1.165, 1.54) is 12.3 Å². The zero-order valence-electron chi connectivity index (χ0n) is 11.6. The number of hydrogen-bond acceptors (Lipinski definition) is 4. The highest BCUT2D eigenvalue weighted by Gasteiger charge is 2.22. The normalized spacial score (nSPS) is 12.6. The summed E-state index contributed by atoms with van der Waals surface area (Å²) in [6.07, 6.45) is 0.685. The highest BCUT2D eigenvalue weighted by molar-refractivity contribution is 8.13. The first-order valence-corrected chi connectivity index (χ1v) is 8.28. The Hall–Kier alpha value is -1.60. The molecule has 0 N–H and O–H groups in total. The number of hydrogen-bond donors (Lipinski definition) is 0. The number of halogens is 2. The second-order valence-electron chi connectivity index (χ2n) is 5.45. The van der Waals surface area contributed by atoms with Gasteiger partial charge in [-0.25, -0.2) is 17.6 Å². The summed E-state index contributed by atoms with van der Waals surface area (Å²) in [5.74, 6) is -0.973. The summed E-state index contributed by atoms with van der Waals surface area (Å²) >= 11 is 0. The van der Waals surface area contributed by atoms with Crippen LogP contribution < -0.4 is 0 Å². The van der Waals surface area contributed by atoms with Crippen LogP contribution in [0.1, 0.15) is 20.8 Å². The monoisotopic (exact) mass is 333 g/mol. The van der Waals surface area contributed by atoms with Gasteiger partial charge in [-0.15, -0.1) is 0 Å². The molecule has 1 heterocycles. The number of nitrogens with zero attached hydrogens (tertiary/aromatic N) is 1. The highest BCUT2D eigenvalue weighted by atomic mass is 35.7. The van der Waals surface area contributed by atoms with Crippen LogP contribution >= 0.6 is 10.7 Å². The van der Waals surface area contributed by atoms with Gasteiger partial charge in [-0.1, -0.05) is 0 Å². The van der Waals surface area contributed by atoms with Gasteiger partial charge < -0.3 is 4.74 Å². The van der Waals surface area contributed by atoms with Crippen molar-refractivity contribution in [1.82, 2.24) is 4.57 Å². The van der Waals surface area contributed by atoms with E-state index in [2.05, 4.69) is 0 Å². The molecule has 0 atom stereocenters. The lowest BCUT2D eigenvalue weighted by Crippen LogP contribution is -2.26. The summed E-state index contributed by atoms with van der Waals surface area (Å²) in [6, 6.07) is 3.50. The van der Waals surface area contributed by atoms with E-state index in [9.17, 15) is 17.6 Å². The molecule has 0 aliphatic rings. The van der Waals surface area contributed by atoms with Crippen molar-refractivity contribution in [3.8, 4) is 0 Å². The topological polar surface area (TPSA) is 65.4 Å². The third-order valence-corrected chi connectivity index (χ3v) is 3.93. The van der Waals surface area contributed by atoms with Gasteiger partial charge in [0.15, 0.2) is 0 Å². The summed E-state index contributed by atoms with van der Waals surface area (Å²) in [4.78, 5) is 11.4. The van der Waals surface area contributed by atoms with Crippen molar-refractivity contribution in [1.29, 1.82) is 0 Å². The van der Waals surface area contributed by atoms with E-state index in [4.69, 9.17) is 15.4 Å². The molecule has 2 rings (SSSR count). The molecule has 8 heteroatoms. The van der Waals surface area contributed by atoms with Gasteiger partial charge in [0.2, 0.25) is 0 Å². The molecule has 0 bridgehead atoms. The molecular weight excluding hydrogens is 321 g/mol. The Morgan fingerprint density at radius 1 is 1.33 bits per heavy atom. The third-order valence-electron chi connectivity index (χ3n) is 2.60. The molecule has 0 fully saturated rings. The zero-order chi connectivity index (χ0) is 16.0. The summed E-state index contributed by atoms with van der Waals surface area (Å²) < 4.78 is 42.7. The van der Waals surface area contributed by atoms with Gasteiger partial charge in [0.25, 0.3) is 9.05 Å². The maximum atomic E-state index is 13.7. The number of benzene rings is 1. The van der Waals surface area contributed by atoms with Crippen LogP contribution in [0.5, 0.6) is 0 Å². The smallest absolute Gasteiger partial charge is 0.418 e. The Kier molecular flexibility index (Phi) is 3.75. The van der Waals surface area contributed by atoms with Crippen LogP contribution in [0.25, 0.3) is 10.9 Å². The third kappa shape index (κ3) is 3.36. The SMILES string of the molecule is CC(C)(C)OC(=O)n1ccc2cc(F)c(S(=O)(=O)Cl)cc21. The van der Waals surface area contributed by atoms with E-state index in [-0.39, 0.29) is 5.52 Å². The predicted molar refractivity (Wildman–Crippen MR) is 76.6 cm³/mol. The molecule has 1 aromatic carbocycles. The average Bonchev–Trinajstić information content (AvgIpc) is 2.66. The van der Waals surface area contributed by atoms with E-state index >= 15 is 0 Å². The Morgan fingerprint density at radius 2 is 1.95 bits per heavy atom. The van der Waals surface area contributed by atoms with Crippen molar-refractivity contribution in [2.75, 3.05) is 0 Å². The highest BCUT2D eigenvalue weighted by Crippen LogP contribution is 2.26. The van der Waals surface area contributed by atoms with Crippen molar-refractivity contribution in [2.45, 2.75) is 31.3 Å². The maximum absolute atomic E-state index is 13.7. The van der Waals surface area contributed by atoms with Crippen molar-refractivity contribution >= 4 is 36.7 Å². The van der Waals surface area contributed by atoms with Gasteiger partial charge in [-0.2, -0.15) is 0 Å². The van der Waals surface area contributed by atoms with Crippen LogP contribution in [-0.4, -0.2) is 24.7 Å². The molecule has 1 aromatic heterocycles. The van der Waals surface area contributed by atoms with Gasteiger partial charge in [0.1, 0.15) is 16.3 Å².